The monoisotopic (exact) mass is 410 g/mol. The molecule has 4 nitrogen and oxygen atoms in total. The summed E-state index contributed by atoms with van der Waals surface area (Å²) in [5.41, 5.74) is 5.48. The number of hydrogen-bond donors (Lipinski definition) is 1. The Morgan fingerprint density at radius 3 is 2.45 bits per heavy atom. The van der Waals surface area contributed by atoms with Gasteiger partial charge in [-0.05, 0) is 60.3 Å². The predicted molar refractivity (Wildman–Crippen MR) is 122 cm³/mol. The van der Waals surface area contributed by atoms with Crippen LogP contribution in [-0.2, 0) is 6.54 Å². The van der Waals surface area contributed by atoms with Crippen molar-refractivity contribution in [1.82, 2.24) is 9.88 Å². The molecule has 1 aliphatic rings. The van der Waals surface area contributed by atoms with Crippen molar-refractivity contribution in [3.05, 3.63) is 96.4 Å². The summed E-state index contributed by atoms with van der Waals surface area (Å²) in [6.45, 7) is 1.82. The highest BCUT2D eigenvalue weighted by Crippen LogP contribution is 2.34. The molecule has 1 saturated heterocycles. The van der Waals surface area contributed by atoms with Crippen LogP contribution in [0.2, 0.25) is 0 Å². The molecule has 0 aliphatic carbocycles. The Morgan fingerprint density at radius 2 is 1.65 bits per heavy atom. The van der Waals surface area contributed by atoms with E-state index in [1.165, 1.54) is 24.0 Å². The molecule has 1 unspecified atom stereocenters. The Bertz CT molecular complexity index is 1140. The Kier molecular flexibility index (Phi) is 5.55. The van der Waals surface area contributed by atoms with Crippen molar-refractivity contribution in [2.24, 2.45) is 0 Å². The van der Waals surface area contributed by atoms with Crippen LogP contribution in [0.5, 0.6) is 5.75 Å². The fraction of sp³-hybridized carbons (Fsp3) is 0.222. The molecule has 1 aliphatic heterocycles. The van der Waals surface area contributed by atoms with Crippen molar-refractivity contribution < 1.29 is 9.52 Å². The zero-order valence-electron chi connectivity index (χ0n) is 17.4. The molecule has 0 amide bonds. The van der Waals surface area contributed by atoms with Crippen molar-refractivity contribution >= 4 is 0 Å². The highest BCUT2D eigenvalue weighted by Gasteiger charge is 2.27. The summed E-state index contributed by atoms with van der Waals surface area (Å²) in [5, 5.41) is 9.80. The molecule has 4 aromatic rings. The Labute approximate surface area is 182 Å². The van der Waals surface area contributed by atoms with Gasteiger partial charge >= 0.3 is 0 Å². The lowest BCUT2D eigenvalue weighted by atomic mass is 9.99. The number of rotatable bonds is 5. The summed E-state index contributed by atoms with van der Waals surface area (Å²) >= 11 is 0. The number of oxazole rings is 1. The lowest BCUT2D eigenvalue weighted by molar-refractivity contribution is 0.137. The third kappa shape index (κ3) is 4.39. The minimum Gasteiger partial charge on any atom is -0.508 e. The summed E-state index contributed by atoms with van der Waals surface area (Å²) < 4.78 is 5.89. The Morgan fingerprint density at radius 1 is 0.871 bits per heavy atom. The number of aromatic hydroxyl groups is 1. The lowest BCUT2D eigenvalue weighted by Gasteiger charge is -2.34. The predicted octanol–water partition coefficient (Wildman–Crippen LogP) is 6.44. The molecule has 5 rings (SSSR count). The van der Waals surface area contributed by atoms with E-state index in [4.69, 9.17) is 9.40 Å². The number of nitrogens with zero attached hydrogens (tertiary/aromatic N) is 2. The first-order chi connectivity index (χ1) is 15.3. The van der Waals surface area contributed by atoms with Crippen LogP contribution < -0.4 is 0 Å². The van der Waals surface area contributed by atoms with Crippen LogP contribution >= 0.6 is 0 Å². The topological polar surface area (TPSA) is 49.5 Å². The van der Waals surface area contributed by atoms with Gasteiger partial charge in [0.25, 0.3) is 0 Å². The summed E-state index contributed by atoms with van der Waals surface area (Å²) in [5.74, 6) is 0.978. The second-order valence-corrected chi connectivity index (χ2v) is 8.17. The van der Waals surface area contributed by atoms with Gasteiger partial charge in [0.05, 0.1) is 11.7 Å². The molecule has 1 fully saturated rings. The molecule has 2 heterocycles. The molecular weight excluding hydrogens is 384 g/mol. The summed E-state index contributed by atoms with van der Waals surface area (Å²) in [4.78, 5) is 7.30. The standard InChI is InChI=1S/C27H26N2O2/c30-24-10-6-7-20(17-24)18-29-16-5-4-11-26(29)25-19-31-27(28-25)23-14-12-22(13-15-23)21-8-2-1-3-9-21/h1-3,6-10,12-15,17,19,26,30H,4-5,11,16,18H2. The van der Waals surface area contributed by atoms with E-state index in [9.17, 15) is 5.11 Å². The molecule has 1 N–H and O–H groups in total. The number of likely N-dealkylation sites (tertiary alicyclic amines) is 1. The number of phenols is 1. The first-order valence-corrected chi connectivity index (χ1v) is 10.9. The largest absolute Gasteiger partial charge is 0.508 e. The number of benzene rings is 3. The molecule has 1 aromatic heterocycles. The fourth-order valence-corrected chi connectivity index (χ4v) is 4.41. The van der Waals surface area contributed by atoms with E-state index >= 15 is 0 Å². The van der Waals surface area contributed by atoms with E-state index < -0.39 is 0 Å². The average molecular weight is 411 g/mol. The molecule has 31 heavy (non-hydrogen) atoms. The van der Waals surface area contributed by atoms with Gasteiger partial charge in [-0.3, -0.25) is 4.90 Å². The second kappa shape index (κ2) is 8.78. The van der Waals surface area contributed by atoms with Gasteiger partial charge in [-0.25, -0.2) is 4.98 Å². The minimum absolute atomic E-state index is 0.234. The maximum Gasteiger partial charge on any atom is 0.226 e. The van der Waals surface area contributed by atoms with E-state index in [1.807, 2.05) is 24.5 Å². The zero-order chi connectivity index (χ0) is 21.0. The van der Waals surface area contributed by atoms with Crippen molar-refractivity contribution in [2.45, 2.75) is 31.8 Å². The van der Waals surface area contributed by atoms with E-state index in [-0.39, 0.29) is 6.04 Å². The van der Waals surface area contributed by atoms with Gasteiger partial charge in [-0.1, -0.05) is 61.0 Å². The van der Waals surface area contributed by atoms with Crippen LogP contribution in [0.4, 0.5) is 0 Å². The molecule has 1 atom stereocenters. The minimum atomic E-state index is 0.234. The van der Waals surface area contributed by atoms with Gasteiger partial charge in [0, 0.05) is 12.1 Å². The fourth-order valence-electron chi connectivity index (χ4n) is 4.41. The van der Waals surface area contributed by atoms with Crippen molar-refractivity contribution in [2.75, 3.05) is 6.54 Å². The number of piperidine rings is 1. The SMILES string of the molecule is Oc1cccc(CN2CCCCC2c2coc(-c3ccc(-c4ccccc4)cc3)n2)c1. The van der Waals surface area contributed by atoms with Gasteiger partial charge in [0.15, 0.2) is 0 Å². The lowest BCUT2D eigenvalue weighted by Crippen LogP contribution is -2.33. The van der Waals surface area contributed by atoms with Crippen LogP contribution in [0.25, 0.3) is 22.6 Å². The Hall–Kier alpha value is -3.37. The highest BCUT2D eigenvalue weighted by atomic mass is 16.3. The van der Waals surface area contributed by atoms with Gasteiger partial charge in [0.1, 0.15) is 12.0 Å². The molecule has 4 heteroatoms. The van der Waals surface area contributed by atoms with Crippen molar-refractivity contribution in [3.8, 4) is 28.3 Å². The summed E-state index contributed by atoms with van der Waals surface area (Å²) in [6.07, 6.45) is 5.25. The van der Waals surface area contributed by atoms with Gasteiger partial charge in [-0.15, -0.1) is 0 Å². The first-order valence-electron chi connectivity index (χ1n) is 10.9. The van der Waals surface area contributed by atoms with Crippen molar-refractivity contribution in [3.63, 3.8) is 0 Å². The highest BCUT2D eigenvalue weighted by molar-refractivity contribution is 5.67. The van der Waals surface area contributed by atoms with Crippen LogP contribution in [-0.4, -0.2) is 21.5 Å². The van der Waals surface area contributed by atoms with E-state index in [1.54, 1.807) is 6.07 Å². The van der Waals surface area contributed by atoms with E-state index in [0.717, 1.165) is 36.3 Å². The smallest absolute Gasteiger partial charge is 0.226 e. The normalized spacial score (nSPS) is 17.0. The van der Waals surface area contributed by atoms with Crippen LogP contribution in [0, 0.1) is 0 Å². The first kappa shape index (κ1) is 19.6. The summed E-state index contributed by atoms with van der Waals surface area (Å²) in [7, 11) is 0. The van der Waals surface area contributed by atoms with E-state index in [2.05, 4.69) is 59.5 Å². The molecule has 0 radical (unpaired) electrons. The molecule has 0 spiro atoms. The van der Waals surface area contributed by atoms with Gasteiger partial charge in [0.2, 0.25) is 5.89 Å². The average Bonchev–Trinajstić information content (AvgIpc) is 3.30. The third-order valence-electron chi connectivity index (χ3n) is 6.01. The molecule has 0 saturated carbocycles. The molecule has 156 valence electrons. The number of hydrogen-bond acceptors (Lipinski definition) is 4. The molecular formula is C27H26N2O2. The molecule has 0 bridgehead atoms. The maximum absolute atomic E-state index is 9.80. The second-order valence-electron chi connectivity index (χ2n) is 8.17. The van der Waals surface area contributed by atoms with E-state index in [0.29, 0.717) is 11.6 Å². The maximum atomic E-state index is 9.80. The van der Waals surface area contributed by atoms with Gasteiger partial charge in [-0.2, -0.15) is 0 Å². The Balaban J connectivity index is 1.35. The van der Waals surface area contributed by atoms with Crippen LogP contribution in [0.3, 0.4) is 0 Å². The summed E-state index contributed by atoms with van der Waals surface area (Å²) in [6, 6.07) is 26.5. The van der Waals surface area contributed by atoms with Crippen LogP contribution in [0.15, 0.2) is 89.5 Å². The quantitative estimate of drug-likeness (QED) is 0.411. The van der Waals surface area contributed by atoms with Gasteiger partial charge < -0.3 is 9.52 Å². The zero-order valence-corrected chi connectivity index (χ0v) is 17.4. The van der Waals surface area contributed by atoms with Crippen molar-refractivity contribution in [1.29, 1.82) is 0 Å². The number of phenolic OH excluding ortho intramolecular Hbond substituents is 1. The van der Waals surface area contributed by atoms with Crippen LogP contribution in [0.1, 0.15) is 36.6 Å². The third-order valence-corrected chi connectivity index (χ3v) is 6.01. The molecule has 3 aromatic carbocycles. The number of aromatic nitrogens is 1.